The second-order valence-electron chi connectivity index (χ2n) is 5.97. The van der Waals surface area contributed by atoms with Gasteiger partial charge in [0, 0.05) is 32.0 Å². The summed E-state index contributed by atoms with van der Waals surface area (Å²) in [6, 6.07) is 9.96. The maximum Gasteiger partial charge on any atom is 0.242 e. The number of hydrogen-bond acceptors (Lipinski definition) is 4. The maximum absolute atomic E-state index is 13.7. The molecule has 132 valence electrons. The molecular weight excluding hydrogens is 321 g/mol. The van der Waals surface area contributed by atoms with Crippen molar-refractivity contribution in [2.24, 2.45) is 0 Å². The topological polar surface area (TPSA) is 54.5 Å². The summed E-state index contributed by atoms with van der Waals surface area (Å²) in [7, 11) is 0. The summed E-state index contributed by atoms with van der Waals surface area (Å²) in [6.45, 7) is 3.00. The van der Waals surface area contributed by atoms with Crippen molar-refractivity contribution >= 4 is 5.91 Å². The first-order chi connectivity index (χ1) is 12.3. The third-order valence-corrected chi connectivity index (χ3v) is 4.31. The molecule has 1 aliphatic rings. The van der Waals surface area contributed by atoms with Crippen molar-refractivity contribution in [3.63, 3.8) is 0 Å². The van der Waals surface area contributed by atoms with Gasteiger partial charge in [0.05, 0.1) is 13.2 Å². The molecule has 5 nitrogen and oxygen atoms in total. The van der Waals surface area contributed by atoms with E-state index in [0.29, 0.717) is 44.8 Å². The van der Waals surface area contributed by atoms with Gasteiger partial charge in [0.2, 0.25) is 5.91 Å². The highest BCUT2D eigenvalue weighted by molar-refractivity contribution is 5.83. The number of nitrogens with one attached hydrogen (secondary N) is 1. The number of ether oxygens (including phenoxy) is 1. The first-order valence-corrected chi connectivity index (χ1v) is 8.48. The van der Waals surface area contributed by atoms with Crippen LogP contribution in [-0.4, -0.2) is 48.6 Å². The molecule has 0 unspecified atom stereocenters. The fraction of sp³-hybridized carbons (Fsp3) is 0.368. The zero-order chi connectivity index (χ0) is 17.5. The Kier molecular flexibility index (Phi) is 6.09. The minimum Gasteiger partial charge on any atom is -0.379 e. The van der Waals surface area contributed by atoms with Crippen LogP contribution in [-0.2, 0) is 16.0 Å². The van der Waals surface area contributed by atoms with E-state index >= 15 is 0 Å². The number of hydrogen-bond donors (Lipinski definition) is 1. The molecule has 1 saturated heterocycles. The van der Waals surface area contributed by atoms with Gasteiger partial charge in [-0.1, -0.05) is 24.3 Å². The third kappa shape index (κ3) is 4.61. The van der Waals surface area contributed by atoms with E-state index in [2.05, 4.69) is 15.2 Å². The predicted molar refractivity (Wildman–Crippen MR) is 92.5 cm³/mol. The van der Waals surface area contributed by atoms with Gasteiger partial charge in [-0.05, 0) is 29.7 Å². The van der Waals surface area contributed by atoms with Gasteiger partial charge in [-0.2, -0.15) is 0 Å². The molecule has 1 aromatic carbocycles. The molecule has 25 heavy (non-hydrogen) atoms. The van der Waals surface area contributed by atoms with Crippen LogP contribution in [0.25, 0.3) is 0 Å². The van der Waals surface area contributed by atoms with Gasteiger partial charge < -0.3 is 10.1 Å². The number of amides is 1. The Morgan fingerprint density at radius 2 is 2.04 bits per heavy atom. The van der Waals surface area contributed by atoms with Gasteiger partial charge in [0.1, 0.15) is 11.9 Å². The van der Waals surface area contributed by atoms with Crippen molar-refractivity contribution in [2.75, 3.05) is 32.8 Å². The number of aromatic nitrogens is 1. The lowest BCUT2D eigenvalue weighted by Gasteiger charge is -2.33. The van der Waals surface area contributed by atoms with E-state index in [1.807, 2.05) is 12.1 Å². The number of nitrogens with zero attached hydrogens (tertiary/aromatic N) is 2. The summed E-state index contributed by atoms with van der Waals surface area (Å²) < 4.78 is 19.1. The molecule has 1 amide bonds. The predicted octanol–water partition coefficient (Wildman–Crippen LogP) is 1.95. The van der Waals surface area contributed by atoms with Crippen molar-refractivity contribution in [3.05, 3.63) is 65.7 Å². The van der Waals surface area contributed by atoms with Crippen LogP contribution >= 0.6 is 0 Å². The van der Waals surface area contributed by atoms with Crippen molar-refractivity contribution in [1.29, 1.82) is 0 Å². The number of morpholine rings is 1. The van der Waals surface area contributed by atoms with E-state index in [0.717, 1.165) is 5.56 Å². The molecule has 1 N–H and O–H groups in total. The Hall–Kier alpha value is -2.31. The average Bonchev–Trinajstić information content (AvgIpc) is 2.65. The van der Waals surface area contributed by atoms with E-state index < -0.39 is 6.04 Å². The molecule has 2 heterocycles. The van der Waals surface area contributed by atoms with Crippen LogP contribution in [0.15, 0.2) is 48.8 Å². The molecule has 0 aliphatic carbocycles. The molecule has 1 aliphatic heterocycles. The molecule has 0 radical (unpaired) electrons. The second-order valence-corrected chi connectivity index (χ2v) is 5.97. The fourth-order valence-corrected chi connectivity index (χ4v) is 3.02. The smallest absolute Gasteiger partial charge is 0.242 e. The van der Waals surface area contributed by atoms with Crippen molar-refractivity contribution < 1.29 is 13.9 Å². The van der Waals surface area contributed by atoms with Crippen molar-refractivity contribution in [3.8, 4) is 0 Å². The number of carbonyl (C=O) groups excluding carboxylic acids is 1. The van der Waals surface area contributed by atoms with Gasteiger partial charge >= 0.3 is 0 Å². The molecule has 0 saturated carbocycles. The largest absolute Gasteiger partial charge is 0.379 e. The standard InChI is InChI=1S/C19H22FN3O2/c20-17-6-2-1-4-15(17)7-9-22-19(24)18(16-5-3-8-21-14-16)23-10-12-25-13-11-23/h1-6,8,14,18H,7,9-13H2,(H,22,24)/t18-/m0/s1. The van der Waals surface area contributed by atoms with E-state index in [9.17, 15) is 9.18 Å². The van der Waals surface area contributed by atoms with Crippen LogP contribution in [0, 0.1) is 5.82 Å². The molecule has 2 aromatic rings. The minimum absolute atomic E-state index is 0.0914. The molecule has 1 aromatic heterocycles. The van der Waals surface area contributed by atoms with Crippen molar-refractivity contribution in [2.45, 2.75) is 12.5 Å². The van der Waals surface area contributed by atoms with Gasteiger partial charge in [0.15, 0.2) is 0 Å². The highest BCUT2D eigenvalue weighted by Gasteiger charge is 2.28. The van der Waals surface area contributed by atoms with Crippen LogP contribution in [0.2, 0.25) is 0 Å². The van der Waals surface area contributed by atoms with Gasteiger partial charge in [-0.25, -0.2) is 4.39 Å². The van der Waals surface area contributed by atoms with E-state index in [4.69, 9.17) is 4.74 Å². The fourth-order valence-electron chi connectivity index (χ4n) is 3.02. The number of pyridine rings is 1. The number of rotatable bonds is 6. The SMILES string of the molecule is O=C(NCCc1ccccc1F)[C@H](c1cccnc1)N1CCOCC1. The Morgan fingerprint density at radius 3 is 2.76 bits per heavy atom. The van der Waals surface area contributed by atoms with Crippen molar-refractivity contribution in [1.82, 2.24) is 15.2 Å². The Bertz CT molecular complexity index is 690. The molecule has 1 atom stereocenters. The summed E-state index contributed by atoms with van der Waals surface area (Å²) in [5.41, 5.74) is 1.46. The quantitative estimate of drug-likeness (QED) is 0.871. The Labute approximate surface area is 146 Å². The first-order valence-electron chi connectivity index (χ1n) is 8.48. The van der Waals surface area contributed by atoms with E-state index in [-0.39, 0.29) is 11.7 Å². The summed E-state index contributed by atoms with van der Waals surface area (Å²) in [4.78, 5) is 19.0. The summed E-state index contributed by atoms with van der Waals surface area (Å²) >= 11 is 0. The van der Waals surface area contributed by atoms with Gasteiger partial charge in [0.25, 0.3) is 0 Å². The van der Waals surface area contributed by atoms with Crippen LogP contribution in [0.4, 0.5) is 4.39 Å². The molecule has 3 rings (SSSR count). The lowest BCUT2D eigenvalue weighted by atomic mass is 10.1. The molecule has 1 fully saturated rings. The first kappa shape index (κ1) is 17.5. The normalized spacial score (nSPS) is 16.4. The lowest BCUT2D eigenvalue weighted by molar-refractivity contribution is -0.128. The Balaban J connectivity index is 1.65. The van der Waals surface area contributed by atoms with Crippen LogP contribution in [0.5, 0.6) is 0 Å². The van der Waals surface area contributed by atoms with Crippen LogP contribution in [0.1, 0.15) is 17.2 Å². The molecule has 0 bridgehead atoms. The third-order valence-electron chi connectivity index (χ3n) is 4.31. The minimum atomic E-state index is -0.404. The Morgan fingerprint density at radius 1 is 1.24 bits per heavy atom. The number of carbonyl (C=O) groups is 1. The number of halogens is 1. The molecular formula is C19H22FN3O2. The maximum atomic E-state index is 13.7. The monoisotopic (exact) mass is 343 g/mol. The summed E-state index contributed by atoms with van der Waals surface area (Å²) in [5, 5.41) is 2.94. The zero-order valence-corrected chi connectivity index (χ0v) is 14.0. The van der Waals surface area contributed by atoms with E-state index in [1.54, 1.807) is 30.6 Å². The van der Waals surface area contributed by atoms with Crippen LogP contribution in [0.3, 0.4) is 0 Å². The second kappa shape index (κ2) is 8.69. The lowest BCUT2D eigenvalue weighted by Crippen LogP contribution is -2.46. The highest BCUT2D eigenvalue weighted by Crippen LogP contribution is 2.21. The highest BCUT2D eigenvalue weighted by atomic mass is 19.1. The van der Waals surface area contributed by atoms with E-state index in [1.165, 1.54) is 6.07 Å². The van der Waals surface area contributed by atoms with Gasteiger partial charge in [-0.15, -0.1) is 0 Å². The number of benzene rings is 1. The van der Waals surface area contributed by atoms with Gasteiger partial charge in [-0.3, -0.25) is 14.7 Å². The van der Waals surface area contributed by atoms with Crippen LogP contribution < -0.4 is 5.32 Å². The zero-order valence-electron chi connectivity index (χ0n) is 14.0. The summed E-state index contributed by atoms with van der Waals surface area (Å²) in [6.07, 6.45) is 3.87. The average molecular weight is 343 g/mol. The summed E-state index contributed by atoms with van der Waals surface area (Å²) in [5.74, 6) is -0.333. The molecule has 0 spiro atoms. The molecule has 6 heteroatoms.